The maximum atomic E-state index is 11.3. The molecule has 0 bridgehead atoms. The minimum Gasteiger partial charge on any atom is -0.397 e. The molecule has 0 spiro atoms. The molecule has 0 radical (unpaired) electrons. The predicted octanol–water partition coefficient (Wildman–Crippen LogP) is 2.71. The van der Waals surface area contributed by atoms with Gasteiger partial charge in [0.2, 0.25) is 5.91 Å². The Morgan fingerprint density at radius 1 is 1.53 bits per heavy atom. The summed E-state index contributed by atoms with van der Waals surface area (Å²) in [6.45, 7) is 4.32. The van der Waals surface area contributed by atoms with Gasteiger partial charge in [0.1, 0.15) is 0 Å². The zero-order valence-electron chi connectivity index (χ0n) is 11.5. The minimum atomic E-state index is 0.0407. The lowest BCUT2D eigenvalue weighted by Gasteiger charge is -2.17. The highest BCUT2D eigenvalue weighted by Gasteiger charge is 2.19. The average molecular weight is 279 g/mol. The molecule has 1 aliphatic rings. The third-order valence-corrected chi connectivity index (χ3v) is 4.13. The number of thioether (sulfide) groups is 1. The number of anilines is 3. The predicted molar refractivity (Wildman–Crippen MR) is 83.9 cm³/mol. The molecule has 0 fully saturated rings. The number of nitrogen functional groups attached to an aromatic ring is 1. The number of hydrogen-bond donors (Lipinski definition) is 3. The summed E-state index contributed by atoms with van der Waals surface area (Å²) in [6.07, 6.45) is 1.53. The van der Waals surface area contributed by atoms with E-state index in [1.54, 1.807) is 0 Å². The van der Waals surface area contributed by atoms with E-state index < -0.39 is 0 Å². The number of fused-ring (bicyclic) bond motifs is 1. The number of hydrogen-bond acceptors (Lipinski definition) is 4. The van der Waals surface area contributed by atoms with Gasteiger partial charge in [-0.25, -0.2) is 0 Å². The molecule has 1 atom stereocenters. The molecule has 4 nitrogen and oxygen atoms in total. The Bertz CT molecular complexity index is 476. The lowest BCUT2D eigenvalue weighted by atomic mass is 10.1. The van der Waals surface area contributed by atoms with E-state index in [1.165, 1.54) is 0 Å². The van der Waals surface area contributed by atoms with Crippen molar-refractivity contribution in [3.05, 3.63) is 17.7 Å². The smallest absolute Gasteiger partial charge is 0.228 e. The molecule has 104 valence electrons. The molecule has 1 aromatic carbocycles. The van der Waals surface area contributed by atoms with E-state index in [0.717, 1.165) is 34.9 Å². The van der Waals surface area contributed by atoms with Crippen LogP contribution in [0.3, 0.4) is 0 Å². The van der Waals surface area contributed by atoms with Gasteiger partial charge >= 0.3 is 0 Å². The second-order valence-corrected chi connectivity index (χ2v) is 6.25. The molecule has 1 heterocycles. The topological polar surface area (TPSA) is 67.1 Å². The average Bonchev–Trinajstić information content (AvgIpc) is 2.69. The van der Waals surface area contributed by atoms with Crippen molar-refractivity contribution in [2.75, 3.05) is 27.9 Å². The van der Waals surface area contributed by atoms with Gasteiger partial charge in [-0.3, -0.25) is 4.79 Å². The van der Waals surface area contributed by atoms with E-state index in [2.05, 4.69) is 24.5 Å². The summed E-state index contributed by atoms with van der Waals surface area (Å²) in [5, 5.41) is 6.28. The number of rotatable bonds is 6. The summed E-state index contributed by atoms with van der Waals surface area (Å²) in [5.74, 6) is 2.34. The number of nitrogens with two attached hydrogens (primary N) is 1. The highest BCUT2D eigenvalue weighted by atomic mass is 32.2. The van der Waals surface area contributed by atoms with Crippen molar-refractivity contribution in [3.8, 4) is 0 Å². The molecule has 1 unspecified atom stereocenters. The van der Waals surface area contributed by atoms with Gasteiger partial charge in [0.25, 0.3) is 0 Å². The monoisotopic (exact) mass is 279 g/mol. The normalized spacial score (nSPS) is 14.9. The Kier molecular flexibility index (Phi) is 4.58. The third-order valence-electron chi connectivity index (χ3n) is 3.20. The van der Waals surface area contributed by atoms with E-state index in [-0.39, 0.29) is 5.91 Å². The largest absolute Gasteiger partial charge is 0.397 e. The minimum absolute atomic E-state index is 0.0407. The molecule has 0 aromatic heterocycles. The molecule has 0 aliphatic carbocycles. The standard InChI is InChI=1S/C14H21N3OS/c1-3-19-5-4-9(2)16-13-8-12-10(6-11(13)15)7-14(18)17-12/h6,8-9,16H,3-5,7,15H2,1-2H3,(H,17,18). The number of amides is 1. The molecule has 1 amide bonds. The van der Waals surface area contributed by atoms with E-state index >= 15 is 0 Å². The first-order valence-electron chi connectivity index (χ1n) is 6.66. The molecule has 1 aromatic rings. The van der Waals surface area contributed by atoms with E-state index in [0.29, 0.717) is 18.2 Å². The molecule has 5 heteroatoms. The van der Waals surface area contributed by atoms with Crippen LogP contribution in [0.25, 0.3) is 0 Å². The van der Waals surface area contributed by atoms with Crippen LogP contribution in [0, 0.1) is 0 Å². The zero-order valence-corrected chi connectivity index (χ0v) is 12.3. The van der Waals surface area contributed by atoms with Gasteiger partial charge < -0.3 is 16.4 Å². The Labute approximate surface area is 118 Å². The van der Waals surface area contributed by atoms with Gasteiger partial charge in [0, 0.05) is 11.7 Å². The lowest BCUT2D eigenvalue weighted by Crippen LogP contribution is -2.17. The second kappa shape index (κ2) is 6.19. The first kappa shape index (κ1) is 14.1. The van der Waals surface area contributed by atoms with Crippen LogP contribution < -0.4 is 16.4 Å². The quantitative estimate of drug-likeness (QED) is 0.553. The van der Waals surface area contributed by atoms with Crippen LogP contribution in [0.2, 0.25) is 0 Å². The number of carbonyl (C=O) groups excluding carboxylic acids is 1. The van der Waals surface area contributed by atoms with Crippen molar-refractivity contribution in [1.29, 1.82) is 0 Å². The first-order chi connectivity index (χ1) is 9.10. The van der Waals surface area contributed by atoms with Gasteiger partial charge in [0.15, 0.2) is 0 Å². The molecule has 1 aliphatic heterocycles. The van der Waals surface area contributed by atoms with E-state index in [9.17, 15) is 4.79 Å². The SMILES string of the molecule is CCSCCC(C)Nc1cc2c(cc1N)CC(=O)N2. The number of carbonyl (C=O) groups is 1. The molecular formula is C14H21N3OS. The number of benzene rings is 1. The summed E-state index contributed by atoms with van der Waals surface area (Å²) in [6, 6.07) is 4.21. The van der Waals surface area contributed by atoms with E-state index in [1.807, 2.05) is 23.9 Å². The van der Waals surface area contributed by atoms with Gasteiger partial charge in [-0.2, -0.15) is 11.8 Å². The Morgan fingerprint density at radius 3 is 3.05 bits per heavy atom. The molecule has 2 rings (SSSR count). The summed E-state index contributed by atoms with van der Waals surface area (Å²) < 4.78 is 0. The fourth-order valence-corrected chi connectivity index (χ4v) is 2.97. The third kappa shape index (κ3) is 3.56. The van der Waals surface area contributed by atoms with Crippen LogP contribution in [0.15, 0.2) is 12.1 Å². The molecule has 19 heavy (non-hydrogen) atoms. The summed E-state index contributed by atoms with van der Waals surface area (Å²) in [5.41, 5.74) is 9.53. The molecular weight excluding hydrogens is 258 g/mol. The van der Waals surface area contributed by atoms with Crippen molar-refractivity contribution >= 4 is 34.7 Å². The first-order valence-corrected chi connectivity index (χ1v) is 7.82. The Balaban J connectivity index is 2.01. The van der Waals surface area contributed by atoms with Gasteiger partial charge in [-0.05, 0) is 42.5 Å². The van der Waals surface area contributed by atoms with Crippen LogP contribution in [-0.2, 0) is 11.2 Å². The fraction of sp³-hybridized carbons (Fsp3) is 0.500. The van der Waals surface area contributed by atoms with Crippen molar-refractivity contribution in [2.24, 2.45) is 0 Å². The van der Waals surface area contributed by atoms with Gasteiger partial charge in [0.05, 0.1) is 17.8 Å². The molecule has 0 saturated carbocycles. The van der Waals surface area contributed by atoms with Gasteiger partial charge in [-0.15, -0.1) is 0 Å². The highest BCUT2D eigenvalue weighted by molar-refractivity contribution is 7.99. The van der Waals surface area contributed by atoms with Crippen LogP contribution >= 0.6 is 11.8 Å². The molecule has 4 N–H and O–H groups in total. The van der Waals surface area contributed by atoms with Crippen LogP contribution in [0.4, 0.5) is 17.1 Å². The summed E-state index contributed by atoms with van der Waals surface area (Å²) in [4.78, 5) is 11.3. The van der Waals surface area contributed by atoms with Gasteiger partial charge in [-0.1, -0.05) is 6.92 Å². The fourth-order valence-electron chi connectivity index (χ4n) is 2.16. The van der Waals surface area contributed by atoms with Crippen LogP contribution in [0.1, 0.15) is 25.8 Å². The summed E-state index contributed by atoms with van der Waals surface area (Å²) in [7, 11) is 0. The summed E-state index contributed by atoms with van der Waals surface area (Å²) >= 11 is 1.94. The van der Waals surface area contributed by atoms with Crippen molar-refractivity contribution in [2.45, 2.75) is 32.7 Å². The van der Waals surface area contributed by atoms with E-state index in [4.69, 9.17) is 5.73 Å². The van der Waals surface area contributed by atoms with Crippen molar-refractivity contribution < 1.29 is 4.79 Å². The van der Waals surface area contributed by atoms with Crippen LogP contribution in [-0.4, -0.2) is 23.5 Å². The highest BCUT2D eigenvalue weighted by Crippen LogP contribution is 2.32. The number of nitrogens with one attached hydrogen (secondary N) is 2. The maximum absolute atomic E-state index is 11.3. The van der Waals surface area contributed by atoms with Crippen molar-refractivity contribution in [3.63, 3.8) is 0 Å². The lowest BCUT2D eigenvalue weighted by molar-refractivity contribution is -0.115. The zero-order chi connectivity index (χ0) is 13.8. The molecule has 0 saturated heterocycles. The Morgan fingerprint density at radius 2 is 2.32 bits per heavy atom. The Hall–Kier alpha value is -1.36. The second-order valence-electron chi connectivity index (χ2n) is 4.85. The maximum Gasteiger partial charge on any atom is 0.228 e. The van der Waals surface area contributed by atoms with Crippen LogP contribution in [0.5, 0.6) is 0 Å². The van der Waals surface area contributed by atoms with Crippen molar-refractivity contribution in [1.82, 2.24) is 0 Å².